The maximum absolute atomic E-state index is 16.7. The second-order valence-corrected chi connectivity index (χ2v) is 15.1. The van der Waals surface area contributed by atoms with Gasteiger partial charge in [0.15, 0.2) is 17.7 Å². The van der Waals surface area contributed by atoms with Crippen molar-refractivity contribution in [3.05, 3.63) is 0 Å². The molecule has 3 saturated heterocycles. The molecule has 1 amide bonds. The van der Waals surface area contributed by atoms with Crippen LogP contribution < -0.4 is 5.73 Å². The van der Waals surface area contributed by atoms with Crippen molar-refractivity contribution < 1.29 is 52.4 Å². The van der Waals surface area contributed by atoms with Gasteiger partial charge in [0.1, 0.15) is 18.0 Å². The number of cyclic esters (lactones) is 1. The minimum absolute atomic E-state index is 0.0144. The molecule has 0 aromatic heterocycles. The van der Waals surface area contributed by atoms with Gasteiger partial charge < -0.3 is 44.3 Å². The Bertz CT molecular complexity index is 1200. The molecule has 13 atom stereocenters. The molecule has 3 fully saturated rings. The van der Waals surface area contributed by atoms with E-state index in [9.17, 15) is 24.3 Å². The van der Waals surface area contributed by atoms with Crippen molar-refractivity contribution in [2.75, 3.05) is 34.3 Å². The number of rotatable bonds is 9. The lowest BCUT2D eigenvalue weighted by molar-refractivity contribution is -0.295. The summed E-state index contributed by atoms with van der Waals surface area (Å²) in [6.45, 7) is 13.1. The number of aliphatic hydroxyl groups excluding tert-OH is 1. The monoisotopic (exact) mass is 701 g/mol. The van der Waals surface area contributed by atoms with Gasteiger partial charge in [-0.15, -0.1) is 0 Å². The largest absolute Gasteiger partial charge is 0.455 e. The van der Waals surface area contributed by atoms with Gasteiger partial charge in [0, 0.05) is 37.5 Å². The standard InChI is InChI=1S/C35H60FN3O10/c1-12-24-35(8)27(39(32(44)49-35)16-14-13-15-37)21(4)25(40)19(2)18-33(6,45-11)29(22(5)28(42)34(7,36)31(43)47-24)48-30-26(41)23(38(9)10)17-20(3)46-30/h19-24,26-27,29-30,41H,12-18,37H2,1-11H3/t19-,20-,21+,22+,23?,24-,26?,27-,29-,30+,33-,34+,35-/m1/s1. The van der Waals surface area contributed by atoms with Crippen LogP contribution in [0.15, 0.2) is 0 Å². The number of amides is 1. The van der Waals surface area contributed by atoms with Gasteiger partial charge in [-0.1, -0.05) is 27.7 Å². The zero-order valence-electron chi connectivity index (χ0n) is 31.2. The van der Waals surface area contributed by atoms with Gasteiger partial charge in [0.25, 0.3) is 5.67 Å². The van der Waals surface area contributed by atoms with E-state index in [-0.39, 0.29) is 37.3 Å². The third-order valence-corrected chi connectivity index (χ3v) is 11.0. The summed E-state index contributed by atoms with van der Waals surface area (Å²) in [6.07, 6.45) is -4.06. The molecule has 0 aromatic carbocycles. The summed E-state index contributed by atoms with van der Waals surface area (Å²) in [5, 5.41) is 11.3. The number of unbranched alkanes of at least 4 members (excludes halogenated alkanes) is 1. The summed E-state index contributed by atoms with van der Waals surface area (Å²) >= 11 is 0. The summed E-state index contributed by atoms with van der Waals surface area (Å²) in [5.41, 5.74) is -0.413. The summed E-state index contributed by atoms with van der Waals surface area (Å²) in [4.78, 5) is 58.9. The number of alkyl halides is 1. The summed E-state index contributed by atoms with van der Waals surface area (Å²) in [7, 11) is 5.04. The van der Waals surface area contributed by atoms with Gasteiger partial charge in [0.05, 0.1) is 23.9 Å². The number of Topliss-reactive ketones (excluding diaryl/α,β-unsaturated/α-hetero) is 2. The molecule has 0 saturated carbocycles. The van der Waals surface area contributed by atoms with Gasteiger partial charge in [-0.3, -0.25) is 9.59 Å². The number of carbonyl (C=O) groups excluding carboxylic acids is 4. The second kappa shape index (κ2) is 16.0. The molecule has 3 aliphatic rings. The molecule has 0 spiro atoms. The normalized spacial score (nSPS) is 42.9. The SMILES string of the molecule is CC[C@H]1OC(=O)[C@@](C)(F)C(=O)[C@H](C)[C@@H](O[C@@H]2O[C@H](C)CC(N(C)C)C2O)[C@](C)(OC)C[C@@H](C)C(=O)[C@H](C)[C@H]2N(CCCCN)C(=O)O[C@]12C. The molecule has 0 aromatic rings. The maximum atomic E-state index is 16.7. The summed E-state index contributed by atoms with van der Waals surface area (Å²) < 4.78 is 46.8. The lowest BCUT2D eigenvalue weighted by Gasteiger charge is -2.47. The quantitative estimate of drug-likeness (QED) is 0.205. The molecule has 0 aliphatic carbocycles. The molecule has 282 valence electrons. The number of hydrogen-bond donors (Lipinski definition) is 2. The Labute approximate surface area is 290 Å². The highest BCUT2D eigenvalue weighted by atomic mass is 19.1. The van der Waals surface area contributed by atoms with Gasteiger partial charge in [0.2, 0.25) is 0 Å². The molecule has 3 aliphatic heterocycles. The number of halogens is 1. The Kier molecular flexibility index (Phi) is 13.4. The van der Waals surface area contributed by atoms with Crippen LogP contribution in [0.25, 0.3) is 0 Å². The highest BCUT2D eigenvalue weighted by Crippen LogP contribution is 2.43. The van der Waals surface area contributed by atoms with E-state index in [2.05, 4.69) is 0 Å². The van der Waals surface area contributed by atoms with E-state index < -0.39 is 83.1 Å². The third-order valence-electron chi connectivity index (χ3n) is 11.0. The van der Waals surface area contributed by atoms with Crippen LogP contribution in [0.3, 0.4) is 0 Å². The van der Waals surface area contributed by atoms with Crippen molar-refractivity contribution in [1.82, 2.24) is 9.80 Å². The van der Waals surface area contributed by atoms with Gasteiger partial charge in [-0.05, 0) is 80.4 Å². The number of fused-ring (bicyclic) bond motifs is 1. The van der Waals surface area contributed by atoms with E-state index in [1.807, 2.05) is 25.9 Å². The molecule has 13 nitrogen and oxygen atoms in total. The zero-order chi connectivity index (χ0) is 37.2. The number of hydrogen-bond acceptors (Lipinski definition) is 12. The Morgan fingerprint density at radius 3 is 2.24 bits per heavy atom. The highest BCUT2D eigenvalue weighted by Gasteiger charge is 2.61. The smallest absolute Gasteiger partial charge is 0.410 e. The highest BCUT2D eigenvalue weighted by molar-refractivity contribution is 6.07. The molecule has 0 radical (unpaired) electrons. The number of aliphatic hydroxyl groups is 1. The fourth-order valence-electron chi connectivity index (χ4n) is 8.14. The van der Waals surface area contributed by atoms with E-state index >= 15 is 4.39 Å². The lowest BCUT2D eigenvalue weighted by Crippen LogP contribution is -2.61. The Hall–Kier alpha value is -2.23. The fraction of sp³-hybridized carbons (Fsp3) is 0.886. The van der Waals surface area contributed by atoms with Gasteiger partial charge in [-0.2, -0.15) is 0 Å². The summed E-state index contributed by atoms with van der Waals surface area (Å²) in [5.74, 6) is -5.68. The number of ether oxygens (including phenoxy) is 5. The summed E-state index contributed by atoms with van der Waals surface area (Å²) in [6, 6.07) is -1.23. The maximum Gasteiger partial charge on any atom is 0.410 e. The molecular formula is C35H60FN3O10. The van der Waals surface area contributed by atoms with Crippen LogP contribution in [0.4, 0.5) is 9.18 Å². The predicted octanol–water partition coefficient (Wildman–Crippen LogP) is 3.02. The van der Waals surface area contributed by atoms with E-state index in [1.54, 1.807) is 34.6 Å². The van der Waals surface area contributed by atoms with Crippen molar-refractivity contribution in [2.24, 2.45) is 23.5 Å². The molecule has 49 heavy (non-hydrogen) atoms. The van der Waals surface area contributed by atoms with Crippen LogP contribution in [0.1, 0.15) is 87.5 Å². The molecule has 2 unspecified atom stereocenters. The molecule has 0 bridgehead atoms. The zero-order valence-corrected chi connectivity index (χ0v) is 31.2. The van der Waals surface area contributed by atoms with Crippen LogP contribution in [0, 0.1) is 17.8 Å². The number of ketones is 2. The van der Waals surface area contributed by atoms with E-state index in [4.69, 9.17) is 29.4 Å². The number of nitrogens with zero attached hydrogens (tertiary/aromatic N) is 2. The second-order valence-electron chi connectivity index (χ2n) is 15.1. The van der Waals surface area contributed by atoms with Crippen LogP contribution >= 0.6 is 0 Å². The third kappa shape index (κ3) is 8.14. The predicted molar refractivity (Wildman–Crippen MR) is 178 cm³/mol. The Morgan fingerprint density at radius 2 is 1.69 bits per heavy atom. The van der Waals surface area contributed by atoms with Crippen LogP contribution in [0.5, 0.6) is 0 Å². The first kappa shape index (κ1) is 41.2. The average molecular weight is 702 g/mol. The first-order valence-electron chi connectivity index (χ1n) is 17.6. The van der Waals surface area contributed by atoms with Crippen molar-refractivity contribution in [2.45, 2.75) is 147 Å². The molecule has 3 heterocycles. The fourth-order valence-corrected chi connectivity index (χ4v) is 8.14. The van der Waals surface area contributed by atoms with Crippen molar-refractivity contribution in [3.63, 3.8) is 0 Å². The van der Waals surface area contributed by atoms with E-state index in [1.165, 1.54) is 18.9 Å². The first-order chi connectivity index (χ1) is 22.7. The van der Waals surface area contributed by atoms with Crippen molar-refractivity contribution >= 4 is 23.6 Å². The van der Waals surface area contributed by atoms with Crippen LogP contribution in [0.2, 0.25) is 0 Å². The van der Waals surface area contributed by atoms with E-state index in [0.29, 0.717) is 25.8 Å². The number of methoxy groups -OCH3 is 1. The number of carbonyl (C=O) groups is 4. The van der Waals surface area contributed by atoms with E-state index in [0.717, 1.165) is 6.92 Å². The average Bonchev–Trinajstić information content (AvgIpc) is 3.30. The Morgan fingerprint density at radius 1 is 1.06 bits per heavy atom. The first-order valence-corrected chi connectivity index (χ1v) is 17.6. The number of likely N-dealkylation sites (N-methyl/N-ethyl adjacent to an activating group) is 1. The molecule has 14 heteroatoms. The molecule has 3 rings (SSSR count). The molecular weight excluding hydrogens is 641 g/mol. The molecule has 3 N–H and O–H groups in total. The number of esters is 1. The minimum Gasteiger partial charge on any atom is -0.455 e. The van der Waals surface area contributed by atoms with Gasteiger partial charge >= 0.3 is 12.1 Å². The van der Waals surface area contributed by atoms with Crippen molar-refractivity contribution in [3.8, 4) is 0 Å². The topological polar surface area (TPSA) is 167 Å². The van der Waals surface area contributed by atoms with Gasteiger partial charge in [-0.25, -0.2) is 14.0 Å². The number of nitrogens with two attached hydrogens (primary N) is 1. The minimum atomic E-state index is -3.15. The van der Waals surface area contributed by atoms with Crippen LogP contribution in [-0.4, -0.2) is 132 Å². The Balaban J connectivity index is 2.17. The van der Waals surface area contributed by atoms with Crippen LogP contribution in [-0.2, 0) is 38.1 Å². The lowest BCUT2D eigenvalue weighted by atomic mass is 9.73. The van der Waals surface area contributed by atoms with Crippen molar-refractivity contribution in [1.29, 1.82) is 0 Å².